The van der Waals surface area contributed by atoms with E-state index in [-0.39, 0.29) is 27.8 Å². The Morgan fingerprint density at radius 3 is 1.37 bits per heavy atom. The highest BCUT2D eigenvalue weighted by Crippen LogP contribution is 2.39. The van der Waals surface area contributed by atoms with Gasteiger partial charge in [-0.25, -0.2) is 14.4 Å². The number of carbonyl (C=O) groups excluding carboxylic acids is 5. The normalized spacial score (nSPS) is 11.3. The summed E-state index contributed by atoms with van der Waals surface area (Å²) in [4.78, 5) is 68.6. The number of alkyl halides is 6. The second-order valence-corrected chi connectivity index (χ2v) is 18.1. The fourth-order valence-corrected chi connectivity index (χ4v) is 6.07. The van der Waals surface area contributed by atoms with Crippen molar-refractivity contribution >= 4 is 63.9 Å². The van der Waals surface area contributed by atoms with E-state index in [1.54, 1.807) is 86.8 Å². The number of rotatable bonds is 11. The fraction of sp³-hybridized carbons (Fsp3) is 0.264. The molecule has 2 heterocycles. The van der Waals surface area contributed by atoms with Crippen LogP contribution in [-0.4, -0.2) is 51.0 Å². The number of Topliss-reactive ketones (excluding diaryl/α,β-unsaturated/α-hetero) is 2. The van der Waals surface area contributed by atoms with Crippen molar-refractivity contribution in [1.82, 2.24) is 9.97 Å². The predicted octanol–water partition coefficient (Wildman–Crippen LogP) is 13.7. The number of aromatic nitrogens is 2. The highest BCUT2D eigenvalue weighted by molar-refractivity contribution is 6.10. The molecule has 0 aliphatic carbocycles. The molecule has 8 N–H and O–H groups in total. The summed E-state index contributed by atoms with van der Waals surface area (Å²) in [5.74, 6) is 2.03. The lowest BCUT2D eigenvalue weighted by molar-refractivity contribution is -0.137. The summed E-state index contributed by atoms with van der Waals surface area (Å²) in [6.45, 7) is 12.7. The zero-order chi connectivity index (χ0) is 56.8. The van der Waals surface area contributed by atoms with Crippen LogP contribution in [0.3, 0.4) is 0 Å². The minimum Gasteiger partial charge on any atom is -0.457 e. The molecule has 6 rings (SSSR count). The lowest BCUT2D eigenvalue weighted by atomic mass is 10.1. The Morgan fingerprint density at radius 2 is 0.934 bits per heavy atom. The van der Waals surface area contributed by atoms with E-state index in [9.17, 15) is 50.3 Å². The van der Waals surface area contributed by atoms with Crippen molar-refractivity contribution in [2.45, 2.75) is 91.8 Å². The molecular formula is C53H56F6N8O9. The van der Waals surface area contributed by atoms with E-state index in [1.807, 2.05) is 0 Å². The van der Waals surface area contributed by atoms with Gasteiger partial charge in [0.25, 0.3) is 0 Å². The number of hydrogen-bond acceptors (Lipinski definition) is 14. The van der Waals surface area contributed by atoms with Gasteiger partial charge in [0.1, 0.15) is 45.6 Å². The molecule has 23 heteroatoms. The van der Waals surface area contributed by atoms with Crippen LogP contribution in [0.2, 0.25) is 0 Å². The molecule has 0 saturated carbocycles. The Kier molecular flexibility index (Phi) is 19.9. The molecule has 404 valence electrons. The number of nitrogens with two attached hydrogens (primary N) is 3. The molecule has 0 fully saturated rings. The lowest BCUT2D eigenvalue weighted by Crippen LogP contribution is -2.44. The number of anilines is 6. The number of amides is 4. The van der Waals surface area contributed by atoms with Gasteiger partial charge >= 0.3 is 30.6 Å². The third-order valence-corrected chi connectivity index (χ3v) is 9.48. The number of nitrogens with zero attached hydrogens (tertiary/aromatic N) is 3. The molecule has 0 aliphatic heterocycles. The van der Waals surface area contributed by atoms with Crippen molar-refractivity contribution < 1.29 is 69.3 Å². The maximum Gasteiger partial charge on any atom is 0.424 e. The molecule has 0 atom stereocenters. The van der Waals surface area contributed by atoms with Gasteiger partial charge < -0.3 is 46.8 Å². The van der Waals surface area contributed by atoms with Crippen molar-refractivity contribution in [3.63, 3.8) is 0 Å². The van der Waals surface area contributed by atoms with Crippen molar-refractivity contribution in [2.24, 2.45) is 0 Å². The molecule has 0 radical (unpaired) electrons. The summed E-state index contributed by atoms with van der Waals surface area (Å²) in [5.41, 5.74) is 12.4. The predicted molar refractivity (Wildman–Crippen MR) is 274 cm³/mol. The smallest absolute Gasteiger partial charge is 0.424 e. The van der Waals surface area contributed by atoms with Crippen LogP contribution in [0.15, 0.2) is 122 Å². The number of nitrogen functional groups attached to an aromatic ring is 3. The molecule has 17 nitrogen and oxygen atoms in total. The molecule has 0 saturated heterocycles. The van der Waals surface area contributed by atoms with E-state index >= 15 is 0 Å². The second-order valence-electron chi connectivity index (χ2n) is 18.1. The summed E-state index contributed by atoms with van der Waals surface area (Å²) < 4.78 is 101. The van der Waals surface area contributed by atoms with E-state index < -0.39 is 64.3 Å². The fourth-order valence-electron chi connectivity index (χ4n) is 6.07. The van der Waals surface area contributed by atoms with Crippen LogP contribution in [0, 0.1) is 0 Å². The highest BCUT2D eigenvalue weighted by atomic mass is 19.4. The largest absolute Gasteiger partial charge is 0.457 e. The molecule has 6 aromatic rings. The van der Waals surface area contributed by atoms with Crippen LogP contribution in [0.1, 0.15) is 100 Å². The maximum atomic E-state index is 13.4. The SMILES string of the molecule is CC(C)(C)OC(=O)N(C(=O)OC(C)(C)C)c1ccc(N)cc1C(F)(F)F.CCC(=O)c1cc(Oc2ccc(N)cc2)ccn1.CCC(=O)c1cc(Oc2ccc(NC(=O)Nc3ccc(N)c(C(F)(F)F)c3)cc2)ccn1. The summed E-state index contributed by atoms with van der Waals surface area (Å²) in [5, 5.41) is 4.84. The Morgan fingerprint density at radius 1 is 0.513 bits per heavy atom. The van der Waals surface area contributed by atoms with Crippen LogP contribution in [0.5, 0.6) is 23.0 Å². The first-order valence-electron chi connectivity index (χ1n) is 22.9. The number of ether oxygens (including phenoxy) is 4. The number of imide groups is 1. The van der Waals surface area contributed by atoms with Gasteiger partial charge in [-0.1, -0.05) is 13.8 Å². The molecule has 2 aromatic heterocycles. The number of carbonyl (C=O) groups is 5. The summed E-state index contributed by atoms with van der Waals surface area (Å²) in [6, 6.07) is 24.9. The first-order valence-corrected chi connectivity index (χ1v) is 22.9. The average Bonchev–Trinajstić information content (AvgIpc) is 3.32. The number of urea groups is 1. The number of nitrogens with one attached hydrogen (secondary N) is 2. The standard InChI is InChI=1S/C22H19F3N4O3.C17H23F3N2O4.C14H14N2O2/c1-2-20(30)19-12-16(9-10-27-19)32-15-6-3-13(4-7-15)28-21(31)29-14-5-8-18(26)17(11-14)22(23,24)25;1-15(2,3)25-13(23)22(14(24)26-16(4,5)6)12-8-7-10(21)9-11(12)17(18,19)20;1-2-14(17)13-9-12(7-8-16-13)18-11-5-3-10(15)4-6-11/h3-12H,2,26H2,1H3,(H2,28,29,31);7-9H,21H2,1-6H3;3-9H,2,15H2,1H3. The van der Waals surface area contributed by atoms with Gasteiger partial charge in [0, 0.05) is 65.8 Å². The maximum absolute atomic E-state index is 13.4. The third kappa shape index (κ3) is 18.9. The van der Waals surface area contributed by atoms with Gasteiger partial charge in [0.05, 0.1) is 16.8 Å². The Balaban J connectivity index is 0.000000256. The van der Waals surface area contributed by atoms with E-state index in [4.69, 9.17) is 36.1 Å². The zero-order valence-electron chi connectivity index (χ0n) is 42.5. The molecule has 0 spiro atoms. The third-order valence-electron chi connectivity index (χ3n) is 9.48. The van der Waals surface area contributed by atoms with Gasteiger partial charge in [-0.3, -0.25) is 19.6 Å². The number of ketones is 2. The van der Waals surface area contributed by atoms with Crippen LogP contribution >= 0.6 is 0 Å². The van der Waals surface area contributed by atoms with Gasteiger partial charge in [-0.05, 0) is 139 Å². The molecule has 0 aliphatic rings. The topological polar surface area (TPSA) is 253 Å². The summed E-state index contributed by atoms with van der Waals surface area (Å²) in [7, 11) is 0. The Labute approximate surface area is 433 Å². The zero-order valence-corrected chi connectivity index (χ0v) is 42.5. The second kappa shape index (κ2) is 25.4. The van der Waals surface area contributed by atoms with Crippen LogP contribution < -0.4 is 42.2 Å². The number of halogens is 6. The van der Waals surface area contributed by atoms with E-state index in [1.165, 1.54) is 59.9 Å². The molecule has 0 unspecified atom stereocenters. The summed E-state index contributed by atoms with van der Waals surface area (Å²) in [6.07, 6.45) is -8.27. The van der Waals surface area contributed by atoms with Gasteiger partial charge in [-0.2, -0.15) is 31.2 Å². The molecular weight excluding hydrogens is 1010 g/mol. The van der Waals surface area contributed by atoms with E-state index in [0.717, 1.165) is 24.3 Å². The highest BCUT2D eigenvalue weighted by Gasteiger charge is 2.41. The van der Waals surface area contributed by atoms with Crippen molar-refractivity contribution in [1.29, 1.82) is 0 Å². The summed E-state index contributed by atoms with van der Waals surface area (Å²) >= 11 is 0. The Bertz CT molecular complexity index is 2970. The van der Waals surface area contributed by atoms with Crippen LogP contribution in [0.25, 0.3) is 0 Å². The lowest BCUT2D eigenvalue weighted by Gasteiger charge is -2.30. The Hall–Kier alpha value is -8.89. The molecule has 0 bridgehead atoms. The van der Waals surface area contributed by atoms with Gasteiger partial charge in [0.2, 0.25) is 0 Å². The van der Waals surface area contributed by atoms with E-state index in [2.05, 4.69) is 20.6 Å². The van der Waals surface area contributed by atoms with Crippen LogP contribution in [-0.2, 0) is 21.8 Å². The van der Waals surface area contributed by atoms with Crippen molar-refractivity contribution in [2.75, 3.05) is 32.7 Å². The quantitative estimate of drug-likeness (QED) is 0.0460. The van der Waals surface area contributed by atoms with Crippen LogP contribution in [0.4, 0.5) is 74.9 Å². The van der Waals surface area contributed by atoms with E-state index in [0.29, 0.717) is 64.7 Å². The first kappa shape index (κ1) is 59.7. The number of hydrogen-bond donors (Lipinski definition) is 5. The number of benzene rings is 4. The molecule has 76 heavy (non-hydrogen) atoms. The minimum atomic E-state index is -4.85. The number of pyridine rings is 2. The monoisotopic (exact) mass is 1060 g/mol. The van der Waals surface area contributed by atoms with Gasteiger partial charge in [-0.15, -0.1) is 0 Å². The molecule has 4 aromatic carbocycles. The van der Waals surface area contributed by atoms with Gasteiger partial charge in [0.15, 0.2) is 11.6 Å². The molecule has 4 amide bonds. The van der Waals surface area contributed by atoms with Crippen molar-refractivity contribution in [3.05, 3.63) is 144 Å². The first-order chi connectivity index (χ1) is 35.3. The average molecular weight is 1060 g/mol. The van der Waals surface area contributed by atoms with Crippen molar-refractivity contribution in [3.8, 4) is 23.0 Å². The minimum absolute atomic E-state index is 0.00208.